The van der Waals surface area contributed by atoms with E-state index in [0.717, 1.165) is 47.6 Å². The van der Waals surface area contributed by atoms with Crippen LogP contribution in [-0.2, 0) is 13.0 Å². The number of imidazole rings is 1. The first-order valence-electron chi connectivity index (χ1n) is 10.1. The number of rotatable bonds is 8. The van der Waals surface area contributed by atoms with Gasteiger partial charge in [0.25, 0.3) is 0 Å². The first-order valence-corrected chi connectivity index (χ1v) is 10.1. The third-order valence-electron chi connectivity index (χ3n) is 5.08. The highest BCUT2D eigenvalue weighted by Gasteiger charge is 2.12. The molecule has 1 aromatic heterocycles. The second kappa shape index (κ2) is 8.78. The van der Waals surface area contributed by atoms with Crippen molar-refractivity contribution in [2.75, 3.05) is 6.61 Å². The summed E-state index contributed by atoms with van der Waals surface area (Å²) in [5.74, 6) is 1.96. The third kappa shape index (κ3) is 4.24. The molecule has 0 saturated carbocycles. The Labute approximate surface area is 172 Å². The van der Waals surface area contributed by atoms with Crippen LogP contribution in [0.15, 0.2) is 85.5 Å². The van der Waals surface area contributed by atoms with E-state index in [1.54, 1.807) is 0 Å². The van der Waals surface area contributed by atoms with Crippen LogP contribution in [0.1, 0.15) is 17.5 Å². The van der Waals surface area contributed by atoms with Crippen LogP contribution in [0.4, 0.5) is 0 Å². The highest BCUT2D eigenvalue weighted by molar-refractivity contribution is 5.80. The summed E-state index contributed by atoms with van der Waals surface area (Å²) >= 11 is 0. The van der Waals surface area contributed by atoms with Crippen LogP contribution in [0.5, 0.6) is 5.75 Å². The molecule has 1 heterocycles. The number of para-hydroxylation sites is 3. The summed E-state index contributed by atoms with van der Waals surface area (Å²) in [6, 6.07) is 25.1. The fraction of sp³-hybridized carbons (Fsp3) is 0.192. The number of nitrogens with zero attached hydrogens (tertiary/aromatic N) is 2. The Morgan fingerprint density at radius 3 is 2.55 bits per heavy atom. The first-order chi connectivity index (χ1) is 14.3. The number of aryl methyl sites for hydroxylation is 2. The van der Waals surface area contributed by atoms with Crippen molar-refractivity contribution in [3.63, 3.8) is 0 Å². The SMILES string of the molecule is C=CCc1ccccc1OCCCn1c(-c2ccc(C)cc2)nc2ccccc21. The van der Waals surface area contributed by atoms with Crippen LogP contribution >= 0.6 is 0 Å². The fourth-order valence-corrected chi connectivity index (χ4v) is 3.60. The Balaban J connectivity index is 1.53. The zero-order chi connectivity index (χ0) is 20.1. The van der Waals surface area contributed by atoms with Crippen LogP contribution < -0.4 is 4.74 Å². The Bertz CT molecular complexity index is 1110. The molecule has 3 nitrogen and oxygen atoms in total. The van der Waals surface area contributed by atoms with Gasteiger partial charge in [-0.1, -0.05) is 66.2 Å². The molecule has 3 heteroatoms. The average molecular weight is 383 g/mol. The van der Waals surface area contributed by atoms with Crippen LogP contribution in [0.25, 0.3) is 22.4 Å². The van der Waals surface area contributed by atoms with Gasteiger partial charge in [0, 0.05) is 12.1 Å². The van der Waals surface area contributed by atoms with Gasteiger partial charge in [-0.3, -0.25) is 0 Å². The lowest BCUT2D eigenvalue weighted by atomic mass is 10.1. The fourth-order valence-electron chi connectivity index (χ4n) is 3.60. The molecule has 0 aliphatic carbocycles. The van der Waals surface area contributed by atoms with Gasteiger partial charge in [-0.15, -0.1) is 6.58 Å². The third-order valence-corrected chi connectivity index (χ3v) is 5.08. The molecule has 0 aliphatic rings. The standard InChI is InChI=1S/C26H26N2O/c1-3-9-21-10-4-7-13-25(21)29-19-8-18-28-24-12-6-5-11-23(24)27-26(28)22-16-14-20(2)15-17-22/h3-7,10-17H,1,8-9,18-19H2,2H3. The lowest BCUT2D eigenvalue weighted by molar-refractivity contribution is 0.300. The molecule has 146 valence electrons. The molecular weight excluding hydrogens is 356 g/mol. The number of ether oxygens (including phenoxy) is 1. The molecule has 0 N–H and O–H groups in total. The lowest BCUT2D eigenvalue weighted by Gasteiger charge is -2.12. The molecule has 0 spiro atoms. The second-order valence-corrected chi connectivity index (χ2v) is 7.24. The minimum atomic E-state index is 0.661. The molecule has 0 saturated heterocycles. The summed E-state index contributed by atoms with van der Waals surface area (Å²) in [5, 5.41) is 0. The number of fused-ring (bicyclic) bond motifs is 1. The molecule has 4 aromatic rings. The van der Waals surface area contributed by atoms with E-state index in [1.807, 2.05) is 30.3 Å². The molecule has 0 amide bonds. The summed E-state index contributed by atoms with van der Waals surface area (Å²) in [5.41, 5.74) is 5.76. The highest BCUT2D eigenvalue weighted by Crippen LogP contribution is 2.26. The maximum Gasteiger partial charge on any atom is 0.141 e. The number of hydrogen-bond donors (Lipinski definition) is 0. The smallest absolute Gasteiger partial charge is 0.141 e. The average Bonchev–Trinajstić information content (AvgIpc) is 3.12. The maximum atomic E-state index is 6.08. The van der Waals surface area contributed by atoms with Gasteiger partial charge in [-0.05, 0) is 43.5 Å². The Kier molecular flexibility index (Phi) is 5.76. The zero-order valence-corrected chi connectivity index (χ0v) is 16.8. The van der Waals surface area contributed by atoms with E-state index in [0.29, 0.717) is 6.61 Å². The van der Waals surface area contributed by atoms with Gasteiger partial charge in [0.2, 0.25) is 0 Å². The number of benzene rings is 3. The molecule has 29 heavy (non-hydrogen) atoms. The maximum absolute atomic E-state index is 6.08. The van der Waals surface area contributed by atoms with E-state index in [2.05, 4.69) is 66.6 Å². The quantitative estimate of drug-likeness (QED) is 0.268. The highest BCUT2D eigenvalue weighted by atomic mass is 16.5. The summed E-state index contributed by atoms with van der Waals surface area (Å²) in [4.78, 5) is 4.90. The minimum absolute atomic E-state index is 0.661. The molecule has 0 atom stereocenters. The number of aromatic nitrogens is 2. The molecule has 0 aliphatic heterocycles. The van der Waals surface area contributed by atoms with Gasteiger partial charge < -0.3 is 9.30 Å². The van der Waals surface area contributed by atoms with Crippen LogP contribution in [-0.4, -0.2) is 16.2 Å². The first kappa shape index (κ1) is 19.0. The van der Waals surface area contributed by atoms with E-state index in [4.69, 9.17) is 9.72 Å². The summed E-state index contributed by atoms with van der Waals surface area (Å²) in [6.07, 6.45) is 3.63. The van der Waals surface area contributed by atoms with Crippen molar-refractivity contribution >= 4 is 11.0 Å². The van der Waals surface area contributed by atoms with E-state index in [9.17, 15) is 0 Å². The Morgan fingerprint density at radius 2 is 1.72 bits per heavy atom. The van der Waals surface area contributed by atoms with Gasteiger partial charge >= 0.3 is 0 Å². The van der Waals surface area contributed by atoms with Gasteiger partial charge in [0.05, 0.1) is 17.6 Å². The Morgan fingerprint density at radius 1 is 0.966 bits per heavy atom. The molecule has 3 aromatic carbocycles. The van der Waals surface area contributed by atoms with E-state index >= 15 is 0 Å². The summed E-state index contributed by atoms with van der Waals surface area (Å²) in [7, 11) is 0. The van der Waals surface area contributed by atoms with E-state index in [-0.39, 0.29) is 0 Å². The topological polar surface area (TPSA) is 27.1 Å². The number of allylic oxidation sites excluding steroid dienone is 1. The largest absolute Gasteiger partial charge is 0.493 e. The predicted molar refractivity (Wildman–Crippen MR) is 120 cm³/mol. The summed E-state index contributed by atoms with van der Waals surface area (Å²) < 4.78 is 8.38. The van der Waals surface area contributed by atoms with Crippen molar-refractivity contribution in [1.82, 2.24) is 9.55 Å². The number of hydrogen-bond acceptors (Lipinski definition) is 2. The van der Waals surface area contributed by atoms with Gasteiger partial charge in [-0.2, -0.15) is 0 Å². The normalized spacial score (nSPS) is 10.9. The predicted octanol–water partition coefficient (Wildman–Crippen LogP) is 6.21. The van der Waals surface area contributed by atoms with Crippen molar-refractivity contribution in [1.29, 1.82) is 0 Å². The molecule has 0 bridgehead atoms. The van der Waals surface area contributed by atoms with Gasteiger partial charge in [0.15, 0.2) is 0 Å². The zero-order valence-electron chi connectivity index (χ0n) is 16.8. The monoisotopic (exact) mass is 382 g/mol. The van der Waals surface area contributed by atoms with Crippen LogP contribution in [0.3, 0.4) is 0 Å². The molecule has 0 unspecified atom stereocenters. The van der Waals surface area contributed by atoms with Crippen molar-refractivity contribution < 1.29 is 4.74 Å². The lowest BCUT2D eigenvalue weighted by Crippen LogP contribution is -2.07. The second-order valence-electron chi connectivity index (χ2n) is 7.24. The molecule has 0 radical (unpaired) electrons. The van der Waals surface area contributed by atoms with Crippen molar-refractivity contribution in [2.45, 2.75) is 26.3 Å². The molecule has 4 rings (SSSR count). The summed E-state index contributed by atoms with van der Waals surface area (Å²) in [6.45, 7) is 7.45. The van der Waals surface area contributed by atoms with Crippen molar-refractivity contribution in [3.8, 4) is 17.1 Å². The van der Waals surface area contributed by atoms with Crippen molar-refractivity contribution in [3.05, 3.63) is 96.6 Å². The van der Waals surface area contributed by atoms with Crippen LogP contribution in [0, 0.1) is 6.92 Å². The van der Waals surface area contributed by atoms with Gasteiger partial charge in [-0.25, -0.2) is 4.98 Å². The van der Waals surface area contributed by atoms with Crippen molar-refractivity contribution in [2.24, 2.45) is 0 Å². The van der Waals surface area contributed by atoms with Gasteiger partial charge in [0.1, 0.15) is 11.6 Å². The minimum Gasteiger partial charge on any atom is -0.493 e. The molecular formula is C26H26N2O. The van der Waals surface area contributed by atoms with Crippen LogP contribution in [0.2, 0.25) is 0 Å². The molecule has 0 fully saturated rings. The van der Waals surface area contributed by atoms with E-state index in [1.165, 1.54) is 11.1 Å². The Hall–Kier alpha value is -3.33. The van der Waals surface area contributed by atoms with E-state index < -0.39 is 0 Å².